The average Bonchev–Trinajstić information content (AvgIpc) is 2.90. The van der Waals surface area contributed by atoms with E-state index in [1.807, 2.05) is 80.6 Å². The number of aromatic nitrogens is 1. The molecule has 0 aliphatic heterocycles. The van der Waals surface area contributed by atoms with Crippen LogP contribution in [0.3, 0.4) is 0 Å². The highest BCUT2D eigenvalue weighted by Gasteiger charge is 2.15. The lowest BCUT2D eigenvalue weighted by Gasteiger charge is -2.13. The first-order valence-corrected chi connectivity index (χ1v) is 11.5. The minimum absolute atomic E-state index is 0.0299. The first-order chi connectivity index (χ1) is 17.4. The number of nitro benzene ring substituents is 1. The van der Waals surface area contributed by atoms with Gasteiger partial charge in [-0.1, -0.05) is 42.5 Å². The van der Waals surface area contributed by atoms with Crippen LogP contribution in [0.15, 0.2) is 97.1 Å². The van der Waals surface area contributed by atoms with Crippen molar-refractivity contribution in [2.45, 2.75) is 13.8 Å². The van der Waals surface area contributed by atoms with Crippen LogP contribution in [-0.2, 0) is 0 Å². The van der Waals surface area contributed by atoms with E-state index >= 15 is 0 Å². The Morgan fingerprint density at radius 3 is 2.31 bits per heavy atom. The standard InChI is InChI=1S/C30H23N3O3/c1-19-8-9-20(2)28(16-19)32-30(34)23-12-15-27-26(17-23)25(21-6-4-3-5-7-21)18-29(31-27)22-10-13-24(14-11-22)33(35)36/h3-18H,1-2H3,(H,32,34). The van der Waals surface area contributed by atoms with E-state index < -0.39 is 4.92 Å². The average molecular weight is 474 g/mol. The summed E-state index contributed by atoms with van der Waals surface area (Å²) in [6.45, 7) is 3.96. The van der Waals surface area contributed by atoms with E-state index in [0.717, 1.165) is 44.4 Å². The largest absolute Gasteiger partial charge is 0.322 e. The van der Waals surface area contributed by atoms with Crippen molar-refractivity contribution >= 4 is 28.2 Å². The molecule has 0 aliphatic rings. The molecule has 0 bridgehead atoms. The van der Waals surface area contributed by atoms with Crippen LogP contribution in [0.1, 0.15) is 21.5 Å². The maximum absolute atomic E-state index is 13.2. The van der Waals surface area contributed by atoms with Crippen LogP contribution in [0.4, 0.5) is 11.4 Å². The number of amides is 1. The van der Waals surface area contributed by atoms with Crippen molar-refractivity contribution in [3.63, 3.8) is 0 Å². The van der Waals surface area contributed by atoms with Gasteiger partial charge < -0.3 is 5.32 Å². The molecule has 1 aromatic heterocycles. The van der Waals surface area contributed by atoms with Crippen LogP contribution in [0.2, 0.25) is 0 Å². The Balaban J connectivity index is 1.60. The van der Waals surface area contributed by atoms with Crippen molar-refractivity contribution in [2.75, 3.05) is 5.32 Å². The smallest absolute Gasteiger partial charge is 0.269 e. The van der Waals surface area contributed by atoms with Crippen LogP contribution in [0, 0.1) is 24.0 Å². The first kappa shape index (κ1) is 22.9. The number of carbonyl (C=O) groups excluding carboxylic acids is 1. The lowest BCUT2D eigenvalue weighted by atomic mass is 9.97. The number of hydrogen-bond donors (Lipinski definition) is 1. The van der Waals surface area contributed by atoms with Crippen LogP contribution in [0.25, 0.3) is 33.3 Å². The zero-order valence-electron chi connectivity index (χ0n) is 19.9. The summed E-state index contributed by atoms with van der Waals surface area (Å²) in [7, 11) is 0. The summed E-state index contributed by atoms with van der Waals surface area (Å²) < 4.78 is 0. The van der Waals surface area contributed by atoms with Gasteiger partial charge in [-0.3, -0.25) is 14.9 Å². The fraction of sp³-hybridized carbons (Fsp3) is 0.0667. The van der Waals surface area contributed by atoms with Gasteiger partial charge >= 0.3 is 0 Å². The second-order valence-electron chi connectivity index (χ2n) is 8.73. The predicted molar refractivity (Wildman–Crippen MR) is 143 cm³/mol. The molecule has 0 radical (unpaired) electrons. The molecule has 0 aliphatic carbocycles. The van der Waals surface area contributed by atoms with Crippen molar-refractivity contribution in [3.05, 3.63) is 124 Å². The molecule has 0 saturated heterocycles. The third-order valence-electron chi connectivity index (χ3n) is 6.17. The van der Waals surface area contributed by atoms with Crippen molar-refractivity contribution in [2.24, 2.45) is 0 Å². The molecule has 4 aromatic carbocycles. The fourth-order valence-corrected chi connectivity index (χ4v) is 4.19. The Bertz CT molecular complexity index is 1610. The van der Waals surface area contributed by atoms with E-state index in [1.165, 1.54) is 12.1 Å². The van der Waals surface area contributed by atoms with Gasteiger partial charge in [0.05, 0.1) is 16.1 Å². The van der Waals surface area contributed by atoms with Gasteiger partial charge in [0.2, 0.25) is 0 Å². The molecule has 0 spiro atoms. The maximum Gasteiger partial charge on any atom is 0.269 e. The van der Waals surface area contributed by atoms with Gasteiger partial charge in [0, 0.05) is 34.3 Å². The minimum atomic E-state index is -0.419. The van der Waals surface area contributed by atoms with Crippen molar-refractivity contribution < 1.29 is 9.72 Å². The monoisotopic (exact) mass is 473 g/mol. The Morgan fingerprint density at radius 1 is 0.833 bits per heavy atom. The number of aryl methyl sites for hydroxylation is 2. The van der Waals surface area contributed by atoms with Crippen molar-refractivity contribution in [1.29, 1.82) is 0 Å². The number of carbonyl (C=O) groups is 1. The molecule has 0 fully saturated rings. The summed E-state index contributed by atoms with van der Waals surface area (Å²) in [6, 6.07) is 29.7. The number of non-ortho nitro benzene ring substituents is 1. The lowest BCUT2D eigenvalue weighted by molar-refractivity contribution is -0.384. The molecule has 6 nitrogen and oxygen atoms in total. The maximum atomic E-state index is 13.2. The Hall–Kier alpha value is -4.84. The molecular formula is C30H23N3O3. The Morgan fingerprint density at radius 2 is 1.58 bits per heavy atom. The summed E-state index contributed by atoms with van der Waals surface area (Å²) in [4.78, 5) is 28.6. The molecule has 0 saturated carbocycles. The third kappa shape index (κ3) is 4.57. The van der Waals surface area contributed by atoms with Gasteiger partial charge in [0.15, 0.2) is 0 Å². The molecule has 1 amide bonds. The van der Waals surface area contributed by atoms with E-state index in [2.05, 4.69) is 5.32 Å². The number of benzene rings is 4. The fourth-order valence-electron chi connectivity index (χ4n) is 4.19. The Kier molecular flexibility index (Phi) is 6.00. The molecule has 6 heteroatoms. The molecule has 5 aromatic rings. The molecule has 5 rings (SSSR count). The number of pyridine rings is 1. The SMILES string of the molecule is Cc1ccc(C)c(NC(=O)c2ccc3nc(-c4ccc([N+](=O)[O-])cc4)cc(-c4ccccc4)c3c2)c1. The summed E-state index contributed by atoms with van der Waals surface area (Å²) in [5, 5.41) is 14.9. The molecule has 1 heterocycles. The highest BCUT2D eigenvalue weighted by atomic mass is 16.6. The van der Waals surface area contributed by atoms with Gasteiger partial charge in [0.1, 0.15) is 0 Å². The summed E-state index contributed by atoms with van der Waals surface area (Å²) in [5.41, 5.74) is 7.53. The number of nitrogens with zero attached hydrogens (tertiary/aromatic N) is 2. The second kappa shape index (κ2) is 9.43. The highest BCUT2D eigenvalue weighted by molar-refractivity contribution is 6.08. The van der Waals surface area contributed by atoms with Crippen LogP contribution < -0.4 is 5.32 Å². The van der Waals surface area contributed by atoms with Gasteiger partial charge in [-0.05, 0) is 78.6 Å². The minimum Gasteiger partial charge on any atom is -0.322 e. The summed E-state index contributed by atoms with van der Waals surface area (Å²) in [5.74, 6) is -0.191. The third-order valence-corrected chi connectivity index (χ3v) is 6.17. The van der Waals surface area contributed by atoms with E-state index in [0.29, 0.717) is 11.3 Å². The normalized spacial score (nSPS) is 10.8. The summed E-state index contributed by atoms with van der Waals surface area (Å²) in [6.07, 6.45) is 0. The van der Waals surface area contributed by atoms with Gasteiger partial charge in [-0.15, -0.1) is 0 Å². The summed E-state index contributed by atoms with van der Waals surface area (Å²) >= 11 is 0. The number of fused-ring (bicyclic) bond motifs is 1. The predicted octanol–water partition coefficient (Wildman–Crippen LogP) is 7.35. The molecule has 1 N–H and O–H groups in total. The number of hydrogen-bond acceptors (Lipinski definition) is 4. The number of nitro groups is 1. The zero-order valence-corrected chi connectivity index (χ0v) is 19.9. The first-order valence-electron chi connectivity index (χ1n) is 11.5. The van der Waals surface area contributed by atoms with E-state index in [4.69, 9.17) is 4.98 Å². The number of nitrogens with one attached hydrogen (secondary N) is 1. The quantitative estimate of drug-likeness (QED) is 0.214. The number of anilines is 1. The van der Waals surface area contributed by atoms with Crippen LogP contribution >= 0.6 is 0 Å². The molecular weight excluding hydrogens is 450 g/mol. The van der Waals surface area contributed by atoms with Gasteiger partial charge in [-0.2, -0.15) is 0 Å². The molecule has 36 heavy (non-hydrogen) atoms. The van der Waals surface area contributed by atoms with Crippen LogP contribution in [-0.4, -0.2) is 15.8 Å². The van der Waals surface area contributed by atoms with E-state index in [-0.39, 0.29) is 11.6 Å². The topological polar surface area (TPSA) is 85.1 Å². The Labute approximate surface area is 208 Å². The van der Waals surface area contributed by atoms with Gasteiger partial charge in [-0.25, -0.2) is 4.98 Å². The molecule has 176 valence electrons. The molecule has 0 atom stereocenters. The van der Waals surface area contributed by atoms with Gasteiger partial charge in [0.25, 0.3) is 11.6 Å². The zero-order chi connectivity index (χ0) is 25.2. The number of rotatable bonds is 5. The second-order valence-corrected chi connectivity index (χ2v) is 8.73. The van der Waals surface area contributed by atoms with Crippen molar-refractivity contribution in [1.82, 2.24) is 4.98 Å². The molecule has 0 unspecified atom stereocenters. The van der Waals surface area contributed by atoms with E-state index in [1.54, 1.807) is 18.2 Å². The highest BCUT2D eigenvalue weighted by Crippen LogP contribution is 2.33. The lowest BCUT2D eigenvalue weighted by Crippen LogP contribution is -2.13. The van der Waals surface area contributed by atoms with Crippen LogP contribution in [0.5, 0.6) is 0 Å². The van der Waals surface area contributed by atoms with E-state index in [9.17, 15) is 14.9 Å². The van der Waals surface area contributed by atoms with Crippen molar-refractivity contribution in [3.8, 4) is 22.4 Å².